The number of nitrogens with zero attached hydrogens (tertiary/aromatic N) is 4. The fraction of sp³-hybridized carbons (Fsp3) is 0.258. The van der Waals surface area contributed by atoms with E-state index in [0.29, 0.717) is 19.5 Å². The van der Waals surface area contributed by atoms with Crippen molar-refractivity contribution in [2.45, 2.75) is 26.2 Å². The zero-order valence-corrected chi connectivity index (χ0v) is 21.0. The number of aryl methyl sites for hydroxylation is 2. The van der Waals surface area contributed by atoms with E-state index in [1.165, 1.54) is 22.3 Å². The molecule has 1 aliphatic heterocycles. The Bertz CT molecular complexity index is 1260. The third-order valence-corrected chi connectivity index (χ3v) is 7.05. The summed E-state index contributed by atoms with van der Waals surface area (Å²) in [5.74, 6) is 1.12. The minimum atomic E-state index is 0.0570. The van der Waals surface area contributed by atoms with Gasteiger partial charge in [-0.25, -0.2) is 0 Å². The van der Waals surface area contributed by atoms with Crippen LogP contribution in [0.5, 0.6) is 0 Å². The largest absolute Gasteiger partial charge is 0.352 e. The van der Waals surface area contributed by atoms with Crippen LogP contribution in [-0.4, -0.2) is 47.2 Å². The number of anilines is 1. The molecule has 1 aromatic heterocycles. The van der Waals surface area contributed by atoms with Crippen molar-refractivity contribution >= 4 is 11.7 Å². The lowest BCUT2D eigenvalue weighted by molar-refractivity contribution is -0.131. The quantitative estimate of drug-likeness (QED) is 0.362. The molecule has 0 atom stereocenters. The molecule has 0 aliphatic carbocycles. The average Bonchev–Trinajstić information content (AvgIpc) is 2.93. The van der Waals surface area contributed by atoms with Crippen LogP contribution in [-0.2, 0) is 4.79 Å². The van der Waals surface area contributed by atoms with Crippen molar-refractivity contribution in [2.24, 2.45) is 0 Å². The maximum absolute atomic E-state index is 13.3. The molecule has 0 radical (unpaired) electrons. The van der Waals surface area contributed by atoms with E-state index in [0.717, 1.165) is 30.2 Å². The second kappa shape index (κ2) is 10.7. The molecule has 5 nitrogen and oxygen atoms in total. The van der Waals surface area contributed by atoms with Crippen molar-refractivity contribution < 1.29 is 4.79 Å². The van der Waals surface area contributed by atoms with Gasteiger partial charge in [-0.1, -0.05) is 84.4 Å². The molecular formula is C31H32N4O. The Morgan fingerprint density at radius 2 is 1.42 bits per heavy atom. The Balaban J connectivity index is 1.22. The van der Waals surface area contributed by atoms with Crippen molar-refractivity contribution in [1.82, 2.24) is 15.1 Å². The minimum Gasteiger partial charge on any atom is -0.352 e. The van der Waals surface area contributed by atoms with Crippen LogP contribution in [0, 0.1) is 13.8 Å². The van der Waals surface area contributed by atoms with Crippen molar-refractivity contribution in [3.8, 4) is 11.3 Å². The second-order valence-electron chi connectivity index (χ2n) is 9.54. The van der Waals surface area contributed by atoms with Gasteiger partial charge in [-0.05, 0) is 42.7 Å². The molecule has 182 valence electrons. The molecule has 0 unspecified atom stereocenters. The zero-order chi connectivity index (χ0) is 24.9. The Labute approximate surface area is 213 Å². The fourth-order valence-corrected chi connectivity index (χ4v) is 5.03. The van der Waals surface area contributed by atoms with Gasteiger partial charge in [-0.3, -0.25) is 4.79 Å². The lowest BCUT2D eigenvalue weighted by atomic mass is 9.88. The summed E-state index contributed by atoms with van der Waals surface area (Å²) < 4.78 is 0. The molecule has 1 fully saturated rings. The predicted octanol–water partition coefficient (Wildman–Crippen LogP) is 5.63. The molecule has 2 heterocycles. The first kappa shape index (κ1) is 23.7. The van der Waals surface area contributed by atoms with Crippen LogP contribution in [0.4, 0.5) is 5.82 Å². The normalized spacial score (nSPS) is 13.8. The van der Waals surface area contributed by atoms with Gasteiger partial charge in [0.15, 0.2) is 5.82 Å². The van der Waals surface area contributed by atoms with Gasteiger partial charge in [-0.15, -0.1) is 10.2 Å². The van der Waals surface area contributed by atoms with Crippen LogP contribution in [0.15, 0.2) is 91.0 Å². The lowest BCUT2D eigenvalue weighted by Gasteiger charge is -2.36. The van der Waals surface area contributed by atoms with Crippen LogP contribution < -0.4 is 4.90 Å². The van der Waals surface area contributed by atoms with Gasteiger partial charge < -0.3 is 9.80 Å². The van der Waals surface area contributed by atoms with Gasteiger partial charge in [0.05, 0.1) is 5.69 Å². The van der Waals surface area contributed by atoms with Crippen molar-refractivity contribution in [1.29, 1.82) is 0 Å². The van der Waals surface area contributed by atoms with Gasteiger partial charge in [0.25, 0.3) is 0 Å². The molecule has 1 aliphatic rings. The molecule has 0 N–H and O–H groups in total. The minimum absolute atomic E-state index is 0.0570. The third-order valence-electron chi connectivity index (χ3n) is 7.05. The first-order valence-corrected chi connectivity index (χ1v) is 12.6. The summed E-state index contributed by atoms with van der Waals surface area (Å²) in [7, 11) is 0. The Hall–Kier alpha value is -3.99. The van der Waals surface area contributed by atoms with E-state index in [9.17, 15) is 4.79 Å². The van der Waals surface area contributed by atoms with Crippen molar-refractivity contribution in [3.05, 3.63) is 113 Å². The van der Waals surface area contributed by atoms with Crippen molar-refractivity contribution in [2.75, 3.05) is 31.1 Å². The first-order chi connectivity index (χ1) is 17.6. The number of piperazine rings is 1. The maximum atomic E-state index is 13.3. The number of rotatable bonds is 6. The van der Waals surface area contributed by atoms with Gasteiger partial charge in [0.1, 0.15) is 0 Å². The SMILES string of the molecule is Cc1ccc(-c2ccc(N3CCN(C(=O)CC(c4ccccc4)c4ccccc4)CC3)nn2)c(C)c1. The van der Waals surface area contributed by atoms with Crippen LogP contribution in [0.3, 0.4) is 0 Å². The van der Waals surface area contributed by atoms with E-state index in [2.05, 4.69) is 71.4 Å². The predicted molar refractivity (Wildman–Crippen MR) is 145 cm³/mol. The van der Waals surface area contributed by atoms with E-state index in [4.69, 9.17) is 0 Å². The number of hydrogen-bond donors (Lipinski definition) is 0. The third kappa shape index (κ3) is 5.30. The summed E-state index contributed by atoms with van der Waals surface area (Å²) in [6.45, 7) is 7.09. The first-order valence-electron chi connectivity index (χ1n) is 12.6. The zero-order valence-electron chi connectivity index (χ0n) is 21.0. The van der Waals surface area contributed by atoms with Crippen molar-refractivity contribution in [3.63, 3.8) is 0 Å². The number of hydrogen-bond acceptors (Lipinski definition) is 4. The van der Waals surface area contributed by atoms with Gasteiger partial charge >= 0.3 is 0 Å². The number of carbonyl (C=O) groups excluding carboxylic acids is 1. The Morgan fingerprint density at radius 3 is 1.97 bits per heavy atom. The van der Waals surface area contributed by atoms with Crippen LogP contribution in [0.2, 0.25) is 0 Å². The lowest BCUT2D eigenvalue weighted by Crippen LogP contribution is -2.49. The van der Waals surface area contributed by atoms with Gasteiger partial charge in [-0.2, -0.15) is 0 Å². The van der Waals surface area contributed by atoms with Crippen LogP contribution in [0.25, 0.3) is 11.3 Å². The van der Waals surface area contributed by atoms with E-state index in [-0.39, 0.29) is 11.8 Å². The Morgan fingerprint density at radius 1 is 0.778 bits per heavy atom. The number of benzene rings is 3. The van der Waals surface area contributed by atoms with Gasteiger partial charge in [0.2, 0.25) is 5.91 Å². The molecule has 3 aromatic carbocycles. The smallest absolute Gasteiger partial charge is 0.223 e. The van der Waals surface area contributed by atoms with E-state index >= 15 is 0 Å². The van der Waals surface area contributed by atoms with E-state index < -0.39 is 0 Å². The number of amides is 1. The molecule has 0 saturated carbocycles. The highest BCUT2D eigenvalue weighted by Crippen LogP contribution is 2.29. The molecule has 1 amide bonds. The summed E-state index contributed by atoms with van der Waals surface area (Å²) in [6, 6.07) is 31.1. The summed E-state index contributed by atoms with van der Waals surface area (Å²) in [6.07, 6.45) is 0.471. The monoisotopic (exact) mass is 476 g/mol. The summed E-state index contributed by atoms with van der Waals surface area (Å²) >= 11 is 0. The van der Waals surface area contributed by atoms with Gasteiger partial charge in [0, 0.05) is 44.1 Å². The number of carbonyl (C=O) groups is 1. The molecule has 5 heteroatoms. The molecule has 5 rings (SSSR count). The summed E-state index contributed by atoms with van der Waals surface area (Å²) in [4.78, 5) is 17.5. The molecule has 4 aromatic rings. The molecule has 0 bridgehead atoms. The second-order valence-corrected chi connectivity index (χ2v) is 9.54. The maximum Gasteiger partial charge on any atom is 0.223 e. The highest BCUT2D eigenvalue weighted by molar-refractivity contribution is 5.78. The summed E-state index contributed by atoms with van der Waals surface area (Å²) in [5.41, 5.74) is 6.80. The molecular weight excluding hydrogens is 444 g/mol. The highest BCUT2D eigenvalue weighted by atomic mass is 16.2. The standard InChI is InChI=1S/C31H32N4O/c1-23-13-14-27(24(2)21-23)29-15-16-30(33-32-29)34-17-19-35(20-18-34)31(36)22-28(25-9-5-3-6-10-25)26-11-7-4-8-12-26/h3-16,21,28H,17-20,22H2,1-2H3. The average molecular weight is 477 g/mol. The van der Waals surface area contributed by atoms with E-state index in [1.807, 2.05) is 53.4 Å². The topological polar surface area (TPSA) is 49.3 Å². The fourth-order valence-electron chi connectivity index (χ4n) is 5.03. The highest BCUT2D eigenvalue weighted by Gasteiger charge is 2.26. The number of aromatic nitrogens is 2. The van der Waals surface area contributed by atoms with Crippen LogP contribution >= 0.6 is 0 Å². The molecule has 0 spiro atoms. The van der Waals surface area contributed by atoms with Crippen LogP contribution in [0.1, 0.15) is 34.6 Å². The van der Waals surface area contributed by atoms with E-state index in [1.54, 1.807) is 0 Å². The Kier molecular flexibility index (Phi) is 7.08. The molecule has 36 heavy (non-hydrogen) atoms. The molecule has 1 saturated heterocycles. The summed E-state index contributed by atoms with van der Waals surface area (Å²) in [5, 5.41) is 9.02.